The number of hydrogen-bond acceptors (Lipinski definition) is 8. The highest BCUT2D eigenvalue weighted by atomic mass is 32.2. The molecule has 0 radical (unpaired) electrons. The number of aryl methyl sites for hydroxylation is 2. The first-order chi connectivity index (χ1) is 18.8. The number of alkyl halides is 3. The van der Waals surface area contributed by atoms with Crippen LogP contribution in [0.1, 0.15) is 50.7 Å². The topological polar surface area (TPSA) is 118 Å². The monoisotopic (exact) mass is 593 g/mol. The lowest BCUT2D eigenvalue weighted by Gasteiger charge is -2.17. The lowest BCUT2D eigenvalue weighted by atomic mass is 10.1. The molecule has 2 N–H and O–H groups in total. The minimum absolute atomic E-state index is 0.0448. The van der Waals surface area contributed by atoms with Crippen LogP contribution < -0.4 is 10.1 Å². The first-order valence-electron chi connectivity index (χ1n) is 12.1. The second-order valence-corrected chi connectivity index (χ2v) is 12.3. The van der Waals surface area contributed by atoms with Crippen LogP contribution in [0.5, 0.6) is 5.88 Å². The maximum absolute atomic E-state index is 13.3. The van der Waals surface area contributed by atoms with Gasteiger partial charge in [0.2, 0.25) is 5.88 Å². The maximum atomic E-state index is 13.3. The molecule has 13 heteroatoms. The normalized spacial score (nSPS) is 12.9. The Labute approximate surface area is 232 Å². The zero-order valence-corrected chi connectivity index (χ0v) is 23.4. The molecule has 1 amide bonds. The van der Waals surface area contributed by atoms with Crippen LogP contribution in [0.3, 0.4) is 0 Å². The molecule has 40 heavy (non-hydrogen) atoms. The number of carbonyl (C=O) groups excluding carboxylic acids is 1. The summed E-state index contributed by atoms with van der Waals surface area (Å²) in [6.07, 6.45) is -4.44. The Bertz CT molecular complexity index is 1640. The Morgan fingerprint density at radius 3 is 2.30 bits per heavy atom. The highest BCUT2D eigenvalue weighted by Gasteiger charge is 2.30. The number of rotatable bonds is 9. The fourth-order valence-corrected chi connectivity index (χ4v) is 6.00. The van der Waals surface area contributed by atoms with Crippen molar-refractivity contribution < 1.29 is 36.2 Å². The number of aliphatic hydroxyl groups is 1. The summed E-state index contributed by atoms with van der Waals surface area (Å²) in [5.74, 6) is 0.0621. The molecule has 2 aromatic carbocycles. The molecule has 0 spiro atoms. The van der Waals surface area contributed by atoms with Crippen LogP contribution in [0.4, 0.5) is 13.2 Å². The van der Waals surface area contributed by atoms with Crippen molar-refractivity contribution in [1.82, 2.24) is 15.3 Å². The van der Waals surface area contributed by atoms with E-state index < -0.39 is 40.1 Å². The number of ether oxygens (including phenoxy) is 1. The van der Waals surface area contributed by atoms with E-state index in [1.807, 2.05) is 0 Å². The number of aromatic nitrogens is 2. The molecule has 4 rings (SSSR count). The van der Waals surface area contributed by atoms with Crippen molar-refractivity contribution in [1.29, 1.82) is 0 Å². The van der Waals surface area contributed by atoms with Crippen LogP contribution >= 0.6 is 11.3 Å². The van der Waals surface area contributed by atoms with Gasteiger partial charge in [-0.1, -0.05) is 31.2 Å². The predicted molar refractivity (Wildman–Crippen MR) is 144 cm³/mol. The summed E-state index contributed by atoms with van der Waals surface area (Å²) >= 11 is 1.11. The molecule has 1 atom stereocenters. The summed E-state index contributed by atoms with van der Waals surface area (Å²) in [6.45, 7) is 4.44. The van der Waals surface area contributed by atoms with E-state index in [2.05, 4.69) is 15.3 Å². The van der Waals surface area contributed by atoms with E-state index in [0.29, 0.717) is 37.6 Å². The molecule has 0 bridgehead atoms. The zero-order valence-electron chi connectivity index (χ0n) is 21.7. The minimum atomic E-state index is -4.44. The Morgan fingerprint density at radius 2 is 1.73 bits per heavy atom. The van der Waals surface area contributed by atoms with Crippen molar-refractivity contribution in [3.63, 3.8) is 0 Å². The van der Waals surface area contributed by atoms with E-state index in [9.17, 15) is 31.5 Å². The summed E-state index contributed by atoms with van der Waals surface area (Å²) in [5, 5.41) is 13.2. The first-order valence-corrected chi connectivity index (χ1v) is 14.6. The number of hydrogen-bond donors (Lipinski definition) is 2. The number of benzene rings is 2. The molecule has 4 aromatic rings. The number of nitrogens with zero attached hydrogens (tertiary/aromatic N) is 2. The average molecular weight is 594 g/mol. The van der Waals surface area contributed by atoms with Gasteiger partial charge in [0.25, 0.3) is 5.91 Å². The van der Waals surface area contributed by atoms with Crippen LogP contribution in [0.25, 0.3) is 10.2 Å². The minimum Gasteiger partial charge on any atom is -0.472 e. The summed E-state index contributed by atoms with van der Waals surface area (Å²) in [5.41, 5.74) is 0.817. The smallest absolute Gasteiger partial charge is 0.416 e. The number of carbonyl (C=O) groups is 1. The molecule has 8 nitrogen and oxygen atoms in total. The van der Waals surface area contributed by atoms with Crippen molar-refractivity contribution in [2.45, 2.75) is 44.5 Å². The van der Waals surface area contributed by atoms with Gasteiger partial charge in [-0.05, 0) is 54.8 Å². The van der Waals surface area contributed by atoms with Crippen molar-refractivity contribution in [3.8, 4) is 5.88 Å². The zero-order chi connectivity index (χ0) is 29.2. The van der Waals surface area contributed by atoms with Gasteiger partial charge >= 0.3 is 6.18 Å². The number of sulfone groups is 1. The number of nitrogens with one attached hydrogen (secondary N) is 1. The lowest BCUT2D eigenvalue weighted by molar-refractivity contribution is -0.137. The highest BCUT2D eigenvalue weighted by Crippen LogP contribution is 2.36. The third kappa shape index (κ3) is 6.26. The van der Waals surface area contributed by atoms with Crippen LogP contribution in [0, 0.1) is 13.8 Å². The van der Waals surface area contributed by atoms with Crippen LogP contribution in [-0.2, 0) is 22.6 Å². The Hall–Kier alpha value is -3.55. The van der Waals surface area contributed by atoms with E-state index in [4.69, 9.17) is 4.74 Å². The van der Waals surface area contributed by atoms with Crippen molar-refractivity contribution >= 4 is 37.3 Å². The van der Waals surface area contributed by atoms with Crippen molar-refractivity contribution in [2.24, 2.45) is 0 Å². The molecule has 0 aliphatic carbocycles. The summed E-state index contributed by atoms with van der Waals surface area (Å²) < 4.78 is 68.6. The first kappa shape index (κ1) is 29.4. The third-order valence-electron chi connectivity index (χ3n) is 6.24. The van der Waals surface area contributed by atoms with Gasteiger partial charge in [0.15, 0.2) is 9.84 Å². The van der Waals surface area contributed by atoms with Crippen LogP contribution in [-0.4, -0.2) is 41.8 Å². The molecule has 2 aromatic heterocycles. The van der Waals surface area contributed by atoms with Crippen LogP contribution in [0.2, 0.25) is 0 Å². The second-order valence-electron chi connectivity index (χ2n) is 8.98. The quantitative estimate of drug-likeness (QED) is 0.275. The molecule has 2 heterocycles. The fourth-order valence-electron chi connectivity index (χ4n) is 4.00. The highest BCUT2D eigenvalue weighted by molar-refractivity contribution is 7.91. The van der Waals surface area contributed by atoms with Gasteiger partial charge in [-0.25, -0.2) is 13.4 Å². The van der Waals surface area contributed by atoms with Gasteiger partial charge in [0, 0.05) is 0 Å². The molecular weight excluding hydrogens is 567 g/mol. The van der Waals surface area contributed by atoms with Gasteiger partial charge in [-0.3, -0.25) is 4.79 Å². The van der Waals surface area contributed by atoms with Gasteiger partial charge < -0.3 is 15.2 Å². The maximum Gasteiger partial charge on any atom is 0.416 e. The SMILES string of the molecule is CCS(=O)(=O)c1ccc(C(CO)NC(=O)c2sc3nc(C)nc(OCc4ccc(C(F)(F)F)cc4)c3c2C)cc1. The molecular formula is C27H26F3N3O5S2. The van der Waals surface area contributed by atoms with E-state index in [1.165, 1.54) is 24.3 Å². The number of halogens is 3. The molecule has 212 valence electrons. The average Bonchev–Trinajstić information content (AvgIpc) is 3.26. The predicted octanol–water partition coefficient (Wildman–Crippen LogP) is 5.16. The summed E-state index contributed by atoms with van der Waals surface area (Å²) in [7, 11) is -3.39. The molecule has 0 saturated heterocycles. The Balaban J connectivity index is 1.56. The fraction of sp³-hybridized carbons (Fsp3) is 0.296. The third-order valence-corrected chi connectivity index (χ3v) is 9.18. The molecule has 0 fully saturated rings. The molecule has 0 aliphatic rings. The van der Waals surface area contributed by atoms with E-state index in [1.54, 1.807) is 32.9 Å². The van der Waals surface area contributed by atoms with E-state index in [-0.39, 0.29) is 23.1 Å². The Kier molecular flexibility index (Phi) is 8.47. The molecule has 0 saturated carbocycles. The lowest BCUT2D eigenvalue weighted by Crippen LogP contribution is -2.30. The Morgan fingerprint density at radius 1 is 1.07 bits per heavy atom. The van der Waals surface area contributed by atoms with E-state index in [0.717, 1.165) is 23.5 Å². The van der Waals surface area contributed by atoms with E-state index >= 15 is 0 Å². The number of fused-ring (bicyclic) bond motifs is 1. The largest absolute Gasteiger partial charge is 0.472 e. The van der Waals surface area contributed by atoms with Gasteiger partial charge in [0.1, 0.15) is 17.3 Å². The van der Waals surface area contributed by atoms with Gasteiger partial charge in [0.05, 0.1) is 39.1 Å². The summed E-state index contributed by atoms with van der Waals surface area (Å²) in [6, 6.07) is 9.78. The summed E-state index contributed by atoms with van der Waals surface area (Å²) in [4.78, 5) is 23.0. The van der Waals surface area contributed by atoms with Crippen LogP contribution in [0.15, 0.2) is 53.4 Å². The van der Waals surface area contributed by atoms with Crippen molar-refractivity contribution in [3.05, 3.63) is 81.5 Å². The number of amides is 1. The van der Waals surface area contributed by atoms with Gasteiger partial charge in [-0.2, -0.15) is 18.2 Å². The van der Waals surface area contributed by atoms with Crippen molar-refractivity contribution in [2.75, 3.05) is 12.4 Å². The standard InChI is InChI=1S/C27H26F3N3O5S2/c1-4-40(36,37)20-11-7-18(8-12-20)21(13-34)33-24(35)23-15(2)22-25(31-16(3)32-26(22)39-23)38-14-17-5-9-19(10-6-17)27(28,29)30/h5-12,21,34H,4,13-14H2,1-3H3,(H,33,35). The second kappa shape index (κ2) is 11.5. The number of thiophene rings is 1. The molecule has 0 aliphatic heterocycles. The molecule has 1 unspecified atom stereocenters. The number of aliphatic hydroxyl groups excluding tert-OH is 1. The van der Waals surface area contributed by atoms with Gasteiger partial charge in [-0.15, -0.1) is 11.3 Å².